The van der Waals surface area contributed by atoms with E-state index in [1.807, 2.05) is 42.7 Å². The fourth-order valence-electron chi connectivity index (χ4n) is 3.65. The largest absolute Gasteiger partial charge is 0.497 e. The van der Waals surface area contributed by atoms with Crippen LogP contribution in [0.4, 0.5) is 5.69 Å². The minimum Gasteiger partial charge on any atom is -0.497 e. The average molecular weight is 420 g/mol. The number of aliphatic imine (C=N–C) groups is 1. The first-order valence-corrected chi connectivity index (χ1v) is 10.6. The van der Waals surface area contributed by atoms with Gasteiger partial charge in [0, 0.05) is 57.0 Å². The normalized spacial score (nSPS) is 14.6. The molecule has 3 aromatic rings. The molecule has 4 rings (SSSR count). The topological polar surface area (TPSA) is 70.8 Å². The molecule has 0 aliphatic carbocycles. The second-order valence-electron chi connectivity index (χ2n) is 7.32. The number of nitrogens with zero attached hydrogens (tertiary/aromatic N) is 6. The highest BCUT2D eigenvalue weighted by Crippen LogP contribution is 2.20. The molecular formula is C23H29N7O. The number of piperazine rings is 1. The fraction of sp³-hybridized carbons (Fsp3) is 0.348. The van der Waals surface area contributed by atoms with E-state index >= 15 is 0 Å². The van der Waals surface area contributed by atoms with Crippen molar-refractivity contribution in [2.24, 2.45) is 4.99 Å². The van der Waals surface area contributed by atoms with Crippen LogP contribution in [0.5, 0.6) is 5.75 Å². The summed E-state index contributed by atoms with van der Waals surface area (Å²) in [5, 5.41) is 7.70. The van der Waals surface area contributed by atoms with Crippen LogP contribution in [0.2, 0.25) is 0 Å². The van der Waals surface area contributed by atoms with Crippen LogP contribution in [0.3, 0.4) is 0 Å². The number of rotatable bonds is 6. The molecule has 0 atom stereocenters. The summed E-state index contributed by atoms with van der Waals surface area (Å²) in [6, 6.07) is 14.2. The van der Waals surface area contributed by atoms with Crippen molar-refractivity contribution in [3.8, 4) is 11.6 Å². The molecule has 0 saturated carbocycles. The SMILES string of the molecule is CCNC(=NCc1ccnc(-n2cccn2)c1)N1CCN(c2ccc(OC)cc2)CC1. The summed E-state index contributed by atoms with van der Waals surface area (Å²) in [4.78, 5) is 14.0. The maximum Gasteiger partial charge on any atom is 0.194 e. The molecule has 8 heteroatoms. The lowest BCUT2D eigenvalue weighted by atomic mass is 10.2. The van der Waals surface area contributed by atoms with Crippen LogP contribution in [-0.4, -0.2) is 65.5 Å². The van der Waals surface area contributed by atoms with Crippen LogP contribution >= 0.6 is 0 Å². The van der Waals surface area contributed by atoms with Crippen molar-refractivity contribution in [1.29, 1.82) is 0 Å². The summed E-state index contributed by atoms with van der Waals surface area (Å²) in [6.45, 7) is 7.29. The Bertz CT molecular complexity index is 977. The molecule has 8 nitrogen and oxygen atoms in total. The molecule has 31 heavy (non-hydrogen) atoms. The number of nitrogens with one attached hydrogen (secondary N) is 1. The van der Waals surface area contributed by atoms with E-state index in [-0.39, 0.29) is 0 Å². The monoisotopic (exact) mass is 419 g/mol. The summed E-state index contributed by atoms with van der Waals surface area (Å²) in [7, 11) is 1.69. The maximum atomic E-state index is 5.26. The van der Waals surface area contributed by atoms with Gasteiger partial charge in [0.2, 0.25) is 0 Å². The van der Waals surface area contributed by atoms with E-state index < -0.39 is 0 Å². The van der Waals surface area contributed by atoms with Gasteiger partial charge in [-0.25, -0.2) is 14.7 Å². The molecule has 1 fully saturated rings. The molecule has 1 aliphatic heterocycles. The van der Waals surface area contributed by atoms with Gasteiger partial charge in [0.1, 0.15) is 5.75 Å². The number of pyridine rings is 1. The standard InChI is InChI=1S/C23H29N7O/c1-3-24-23(26-18-19-9-11-25-22(17-19)30-12-4-10-27-30)29-15-13-28(14-16-29)20-5-7-21(31-2)8-6-20/h4-12,17H,3,13-16,18H2,1-2H3,(H,24,26). The lowest BCUT2D eigenvalue weighted by molar-refractivity contribution is 0.372. The molecule has 1 aliphatic rings. The Kier molecular flexibility index (Phi) is 6.66. The second kappa shape index (κ2) is 9.97. The Balaban J connectivity index is 1.40. The Hall–Kier alpha value is -3.55. The lowest BCUT2D eigenvalue weighted by Crippen LogP contribution is -2.52. The van der Waals surface area contributed by atoms with Gasteiger partial charge in [0.05, 0.1) is 13.7 Å². The van der Waals surface area contributed by atoms with E-state index in [2.05, 4.69) is 44.3 Å². The molecule has 162 valence electrons. The van der Waals surface area contributed by atoms with Crippen LogP contribution in [0.25, 0.3) is 5.82 Å². The molecule has 0 radical (unpaired) electrons. The molecular weight excluding hydrogens is 390 g/mol. The van der Waals surface area contributed by atoms with Gasteiger partial charge in [-0.2, -0.15) is 5.10 Å². The molecule has 0 spiro atoms. The van der Waals surface area contributed by atoms with Gasteiger partial charge in [-0.3, -0.25) is 0 Å². The Morgan fingerprint density at radius 1 is 1.10 bits per heavy atom. The van der Waals surface area contributed by atoms with E-state index in [9.17, 15) is 0 Å². The van der Waals surface area contributed by atoms with Crippen molar-refractivity contribution >= 4 is 11.6 Å². The third-order valence-electron chi connectivity index (χ3n) is 5.31. The molecule has 1 saturated heterocycles. The van der Waals surface area contributed by atoms with Crippen molar-refractivity contribution in [3.05, 3.63) is 66.6 Å². The molecule has 2 aromatic heterocycles. The highest BCUT2D eigenvalue weighted by molar-refractivity contribution is 5.80. The molecule has 1 aromatic carbocycles. The van der Waals surface area contributed by atoms with E-state index in [0.717, 1.165) is 55.8 Å². The van der Waals surface area contributed by atoms with Crippen molar-refractivity contribution in [2.45, 2.75) is 13.5 Å². The molecule has 1 N–H and O–H groups in total. The summed E-state index contributed by atoms with van der Waals surface area (Å²) in [5.74, 6) is 2.64. The number of hydrogen-bond donors (Lipinski definition) is 1. The van der Waals surface area contributed by atoms with E-state index in [1.165, 1.54) is 5.69 Å². The third-order valence-corrected chi connectivity index (χ3v) is 5.31. The number of aromatic nitrogens is 3. The quantitative estimate of drug-likeness (QED) is 0.489. The fourth-order valence-corrected chi connectivity index (χ4v) is 3.65. The number of ether oxygens (including phenoxy) is 1. The van der Waals surface area contributed by atoms with Gasteiger partial charge >= 0.3 is 0 Å². The van der Waals surface area contributed by atoms with Gasteiger partial charge < -0.3 is 19.9 Å². The summed E-state index contributed by atoms with van der Waals surface area (Å²) < 4.78 is 7.02. The zero-order valence-electron chi connectivity index (χ0n) is 18.1. The summed E-state index contributed by atoms with van der Waals surface area (Å²) >= 11 is 0. The van der Waals surface area contributed by atoms with Gasteiger partial charge in [0.25, 0.3) is 0 Å². The van der Waals surface area contributed by atoms with Gasteiger partial charge in [0.15, 0.2) is 11.8 Å². The van der Waals surface area contributed by atoms with Crippen LogP contribution in [0.1, 0.15) is 12.5 Å². The second-order valence-corrected chi connectivity index (χ2v) is 7.32. The highest BCUT2D eigenvalue weighted by atomic mass is 16.5. The third kappa shape index (κ3) is 5.14. The number of benzene rings is 1. The predicted octanol–water partition coefficient (Wildman–Crippen LogP) is 2.56. The van der Waals surface area contributed by atoms with Crippen LogP contribution in [0.15, 0.2) is 66.0 Å². The molecule has 0 unspecified atom stereocenters. The molecule has 0 amide bonds. The van der Waals surface area contributed by atoms with Crippen molar-refractivity contribution in [3.63, 3.8) is 0 Å². The predicted molar refractivity (Wildman–Crippen MR) is 123 cm³/mol. The van der Waals surface area contributed by atoms with Crippen LogP contribution < -0.4 is 15.0 Å². The number of guanidine groups is 1. The first-order valence-electron chi connectivity index (χ1n) is 10.6. The maximum absolute atomic E-state index is 5.26. The zero-order chi connectivity index (χ0) is 21.5. The van der Waals surface area contributed by atoms with E-state index in [0.29, 0.717) is 6.54 Å². The Morgan fingerprint density at radius 2 is 1.90 bits per heavy atom. The smallest absolute Gasteiger partial charge is 0.194 e. The van der Waals surface area contributed by atoms with Crippen molar-refractivity contribution in [1.82, 2.24) is 25.0 Å². The van der Waals surface area contributed by atoms with Gasteiger partial charge in [-0.05, 0) is 55.0 Å². The average Bonchev–Trinajstić information content (AvgIpc) is 3.37. The number of methoxy groups -OCH3 is 1. The lowest BCUT2D eigenvalue weighted by Gasteiger charge is -2.37. The number of hydrogen-bond acceptors (Lipinski definition) is 5. The van der Waals surface area contributed by atoms with Gasteiger partial charge in [-0.1, -0.05) is 0 Å². The van der Waals surface area contributed by atoms with Crippen LogP contribution in [-0.2, 0) is 6.54 Å². The summed E-state index contributed by atoms with van der Waals surface area (Å²) in [5.41, 5.74) is 2.33. The van der Waals surface area contributed by atoms with Crippen LogP contribution in [0, 0.1) is 0 Å². The van der Waals surface area contributed by atoms with E-state index in [4.69, 9.17) is 9.73 Å². The first kappa shape index (κ1) is 20.7. The minimum absolute atomic E-state index is 0.595. The highest BCUT2D eigenvalue weighted by Gasteiger charge is 2.20. The molecule has 3 heterocycles. The Labute approximate surface area is 183 Å². The van der Waals surface area contributed by atoms with E-state index in [1.54, 1.807) is 18.0 Å². The first-order chi connectivity index (χ1) is 15.3. The molecule has 0 bridgehead atoms. The minimum atomic E-state index is 0.595. The number of anilines is 1. The van der Waals surface area contributed by atoms with Crippen molar-refractivity contribution in [2.75, 3.05) is 44.7 Å². The Morgan fingerprint density at radius 3 is 2.58 bits per heavy atom. The van der Waals surface area contributed by atoms with Crippen molar-refractivity contribution < 1.29 is 4.74 Å². The zero-order valence-corrected chi connectivity index (χ0v) is 18.1. The summed E-state index contributed by atoms with van der Waals surface area (Å²) in [6.07, 6.45) is 5.45. The van der Waals surface area contributed by atoms with Gasteiger partial charge in [-0.15, -0.1) is 0 Å².